The van der Waals surface area contributed by atoms with E-state index in [1.54, 1.807) is 0 Å². The van der Waals surface area contributed by atoms with E-state index < -0.39 is 11.7 Å². The van der Waals surface area contributed by atoms with Crippen LogP contribution in [-0.4, -0.2) is 0 Å². The molecule has 0 atom stereocenters. The van der Waals surface area contributed by atoms with Crippen molar-refractivity contribution in [3.8, 4) is 0 Å². The van der Waals surface area contributed by atoms with Crippen LogP contribution in [0.4, 0.5) is 18.9 Å². The highest BCUT2D eigenvalue weighted by Crippen LogP contribution is 2.39. The van der Waals surface area contributed by atoms with Crippen molar-refractivity contribution in [1.82, 2.24) is 0 Å². The van der Waals surface area contributed by atoms with E-state index in [0.717, 1.165) is 0 Å². The summed E-state index contributed by atoms with van der Waals surface area (Å²) in [7, 11) is 0. The van der Waals surface area contributed by atoms with Gasteiger partial charge in [-0.1, -0.05) is 6.07 Å². The van der Waals surface area contributed by atoms with Crippen molar-refractivity contribution < 1.29 is 13.2 Å². The van der Waals surface area contributed by atoms with Gasteiger partial charge in [0.05, 0.1) is 11.3 Å². The first-order valence-electron chi connectivity index (χ1n) is 3.72. The molecule has 0 radical (unpaired) electrons. The zero-order valence-corrected chi connectivity index (χ0v) is 8.61. The number of alkyl halides is 3. The van der Waals surface area contributed by atoms with Crippen molar-refractivity contribution in [2.45, 2.75) is 12.7 Å². The Morgan fingerprint density at radius 3 is 2.29 bits per heavy atom. The number of rotatable bonds is 1. The van der Waals surface area contributed by atoms with E-state index >= 15 is 0 Å². The zero-order chi connectivity index (χ0) is 10.9. The van der Waals surface area contributed by atoms with Gasteiger partial charge in [0.1, 0.15) is 0 Å². The fourth-order valence-corrected chi connectivity index (χ4v) is 1.47. The third-order valence-electron chi connectivity index (χ3n) is 1.78. The summed E-state index contributed by atoms with van der Waals surface area (Å²) in [6.07, 6.45) is -4.47. The molecule has 14 heavy (non-hydrogen) atoms. The minimum absolute atomic E-state index is 0.00167. The Labute approximate surface area is 87.2 Å². The minimum atomic E-state index is -4.47. The molecule has 0 bridgehead atoms. The maximum atomic E-state index is 12.5. The molecule has 0 fully saturated rings. The molecule has 2 nitrogen and oxygen atoms in total. The van der Waals surface area contributed by atoms with Crippen LogP contribution in [0.15, 0.2) is 16.6 Å². The lowest BCUT2D eigenvalue weighted by Crippen LogP contribution is -2.15. The van der Waals surface area contributed by atoms with E-state index in [1.165, 1.54) is 12.1 Å². The highest BCUT2D eigenvalue weighted by molar-refractivity contribution is 9.10. The molecule has 0 aromatic heterocycles. The van der Waals surface area contributed by atoms with E-state index in [-0.39, 0.29) is 22.3 Å². The normalized spacial score (nSPS) is 11.8. The van der Waals surface area contributed by atoms with Gasteiger partial charge in [0, 0.05) is 11.0 Å². The van der Waals surface area contributed by atoms with E-state index in [0.29, 0.717) is 0 Å². The number of anilines is 1. The van der Waals surface area contributed by atoms with Gasteiger partial charge in [-0.05, 0) is 27.6 Å². The van der Waals surface area contributed by atoms with E-state index in [1.807, 2.05) is 0 Å². The second-order valence-corrected chi connectivity index (χ2v) is 3.55. The third-order valence-corrected chi connectivity index (χ3v) is 2.47. The van der Waals surface area contributed by atoms with Crippen molar-refractivity contribution in [2.24, 2.45) is 5.73 Å². The molecule has 0 spiro atoms. The molecule has 0 unspecified atom stereocenters. The van der Waals surface area contributed by atoms with Crippen molar-refractivity contribution in [3.63, 3.8) is 0 Å². The molecule has 1 aromatic rings. The van der Waals surface area contributed by atoms with Crippen LogP contribution < -0.4 is 11.5 Å². The van der Waals surface area contributed by atoms with Gasteiger partial charge in [-0.15, -0.1) is 0 Å². The van der Waals surface area contributed by atoms with E-state index in [4.69, 9.17) is 11.5 Å². The predicted octanol–water partition coefficient (Wildman–Crippen LogP) is 2.51. The van der Waals surface area contributed by atoms with Crippen molar-refractivity contribution >= 4 is 21.6 Å². The van der Waals surface area contributed by atoms with Gasteiger partial charge in [0.15, 0.2) is 0 Å². The lowest BCUT2D eigenvalue weighted by molar-refractivity contribution is -0.137. The average molecular weight is 269 g/mol. The van der Waals surface area contributed by atoms with Crippen molar-refractivity contribution in [3.05, 3.63) is 27.7 Å². The number of nitrogens with two attached hydrogens (primary N) is 2. The summed E-state index contributed by atoms with van der Waals surface area (Å²) in [5, 5.41) is 0. The number of hydrogen-bond acceptors (Lipinski definition) is 2. The first kappa shape index (κ1) is 11.3. The monoisotopic (exact) mass is 268 g/mol. The Bertz CT molecular complexity index is 349. The molecule has 1 rings (SSSR count). The van der Waals surface area contributed by atoms with Crippen LogP contribution in [0.1, 0.15) is 11.1 Å². The Hall–Kier alpha value is -0.750. The molecule has 4 N–H and O–H groups in total. The molecular formula is C8H8BrF3N2. The fourth-order valence-electron chi connectivity index (χ4n) is 1.14. The Morgan fingerprint density at radius 2 is 1.86 bits per heavy atom. The largest absolute Gasteiger partial charge is 0.418 e. The van der Waals surface area contributed by atoms with Crippen LogP contribution in [0.2, 0.25) is 0 Å². The summed E-state index contributed by atoms with van der Waals surface area (Å²) in [5.74, 6) is 0. The van der Waals surface area contributed by atoms with Crippen LogP contribution in [0.25, 0.3) is 0 Å². The zero-order valence-electron chi connectivity index (χ0n) is 7.03. The maximum Gasteiger partial charge on any atom is 0.418 e. The lowest BCUT2D eigenvalue weighted by atomic mass is 10.1. The summed E-state index contributed by atoms with van der Waals surface area (Å²) in [5.41, 5.74) is 9.34. The smallest absolute Gasteiger partial charge is 0.397 e. The van der Waals surface area contributed by atoms with Gasteiger partial charge in [-0.3, -0.25) is 0 Å². The van der Waals surface area contributed by atoms with Gasteiger partial charge in [0.25, 0.3) is 0 Å². The van der Waals surface area contributed by atoms with Gasteiger partial charge < -0.3 is 11.5 Å². The Kier molecular flexibility index (Phi) is 3.06. The van der Waals surface area contributed by atoms with Crippen LogP contribution in [0, 0.1) is 0 Å². The average Bonchev–Trinajstić information content (AvgIpc) is 2.07. The topological polar surface area (TPSA) is 52.0 Å². The van der Waals surface area contributed by atoms with Crippen LogP contribution in [0.3, 0.4) is 0 Å². The molecular weight excluding hydrogens is 261 g/mol. The predicted molar refractivity (Wildman–Crippen MR) is 51.4 cm³/mol. The molecule has 6 heteroatoms. The second kappa shape index (κ2) is 3.78. The highest BCUT2D eigenvalue weighted by atomic mass is 79.9. The molecule has 0 aliphatic rings. The molecule has 0 saturated heterocycles. The quantitative estimate of drug-likeness (QED) is 0.769. The lowest BCUT2D eigenvalue weighted by Gasteiger charge is -2.15. The molecule has 0 saturated carbocycles. The number of benzene rings is 1. The van der Waals surface area contributed by atoms with E-state index in [2.05, 4.69) is 15.9 Å². The first-order valence-corrected chi connectivity index (χ1v) is 4.51. The van der Waals surface area contributed by atoms with Gasteiger partial charge >= 0.3 is 6.18 Å². The van der Waals surface area contributed by atoms with Crippen LogP contribution in [0.5, 0.6) is 0 Å². The number of halogens is 4. The third kappa shape index (κ3) is 2.01. The summed E-state index contributed by atoms with van der Waals surface area (Å²) in [4.78, 5) is 0. The summed E-state index contributed by atoms with van der Waals surface area (Å²) < 4.78 is 37.8. The second-order valence-electron chi connectivity index (χ2n) is 2.70. The highest BCUT2D eigenvalue weighted by Gasteiger charge is 2.36. The van der Waals surface area contributed by atoms with Gasteiger partial charge in [-0.2, -0.15) is 13.2 Å². The maximum absolute atomic E-state index is 12.5. The Morgan fingerprint density at radius 1 is 1.29 bits per heavy atom. The number of nitrogen functional groups attached to an aromatic ring is 1. The van der Waals surface area contributed by atoms with Gasteiger partial charge in [-0.25, -0.2) is 0 Å². The summed E-state index contributed by atoms with van der Waals surface area (Å²) >= 11 is 2.94. The molecule has 0 aliphatic heterocycles. The SMILES string of the molecule is NCc1ccc(Br)c(N)c1C(F)(F)F. The molecule has 1 aromatic carbocycles. The number of hydrogen-bond donors (Lipinski definition) is 2. The fraction of sp³-hybridized carbons (Fsp3) is 0.250. The molecule has 0 amide bonds. The van der Waals surface area contributed by atoms with E-state index in [9.17, 15) is 13.2 Å². The van der Waals surface area contributed by atoms with Crippen LogP contribution >= 0.6 is 15.9 Å². The standard InChI is InChI=1S/C8H8BrF3N2/c9-5-2-1-4(3-13)6(7(5)14)8(10,11)12/h1-2H,3,13-14H2. The summed E-state index contributed by atoms with van der Waals surface area (Å²) in [6, 6.07) is 2.76. The molecule has 0 aliphatic carbocycles. The summed E-state index contributed by atoms with van der Waals surface area (Å²) in [6.45, 7) is -0.188. The molecule has 78 valence electrons. The van der Waals surface area contributed by atoms with Crippen molar-refractivity contribution in [1.29, 1.82) is 0 Å². The molecule has 0 heterocycles. The Balaban J connectivity index is 3.44. The first-order chi connectivity index (χ1) is 6.38. The van der Waals surface area contributed by atoms with Gasteiger partial charge in [0.2, 0.25) is 0 Å². The van der Waals surface area contributed by atoms with Crippen LogP contribution in [-0.2, 0) is 12.7 Å². The van der Waals surface area contributed by atoms with Crippen molar-refractivity contribution in [2.75, 3.05) is 5.73 Å². The minimum Gasteiger partial charge on any atom is -0.397 e.